The molecule has 1 heterocycles. The van der Waals surface area contributed by atoms with Crippen LogP contribution in [0.15, 0.2) is 12.4 Å². The van der Waals surface area contributed by atoms with E-state index in [1.54, 1.807) is 24.2 Å². The Labute approximate surface area is 122 Å². The summed E-state index contributed by atoms with van der Waals surface area (Å²) in [6.07, 6.45) is 5.35. The van der Waals surface area contributed by atoms with Gasteiger partial charge in [0.1, 0.15) is 0 Å². The number of methoxy groups -OCH3 is 1. The van der Waals surface area contributed by atoms with Crippen LogP contribution in [0.5, 0.6) is 0 Å². The van der Waals surface area contributed by atoms with Crippen LogP contribution in [0.25, 0.3) is 0 Å². The fourth-order valence-corrected chi connectivity index (χ4v) is 2.50. The zero-order valence-electron chi connectivity index (χ0n) is 11.9. The molecule has 0 aliphatic heterocycles. The van der Waals surface area contributed by atoms with Crippen molar-refractivity contribution in [2.75, 3.05) is 19.0 Å². The molecule has 8 nitrogen and oxygen atoms in total. The second-order valence-corrected chi connectivity index (χ2v) is 5.07. The minimum Gasteiger partial charge on any atom is -0.481 e. The van der Waals surface area contributed by atoms with Crippen LogP contribution in [0.2, 0.25) is 0 Å². The number of aliphatic carboxylic acids is 1. The predicted molar refractivity (Wildman–Crippen MR) is 75.0 cm³/mol. The van der Waals surface area contributed by atoms with Crippen LogP contribution in [0, 0.1) is 5.92 Å². The number of rotatable bonds is 6. The molecule has 0 bridgehead atoms. The first-order valence-electron chi connectivity index (χ1n) is 6.92. The quantitative estimate of drug-likeness (QED) is 0.723. The zero-order valence-corrected chi connectivity index (χ0v) is 11.9. The van der Waals surface area contributed by atoms with Crippen LogP contribution in [0.4, 0.5) is 10.5 Å². The lowest BCUT2D eigenvalue weighted by Gasteiger charge is -2.17. The summed E-state index contributed by atoms with van der Waals surface area (Å²) >= 11 is 0. The molecule has 1 aromatic rings. The molecule has 1 aromatic heterocycles. The van der Waals surface area contributed by atoms with E-state index in [-0.39, 0.29) is 6.04 Å². The molecular formula is C13H20N4O4. The first-order chi connectivity index (χ1) is 10.1. The first kappa shape index (κ1) is 15.3. The van der Waals surface area contributed by atoms with Crippen molar-refractivity contribution in [3.05, 3.63) is 12.4 Å². The average molecular weight is 296 g/mol. The monoisotopic (exact) mass is 296 g/mol. The average Bonchev–Trinajstić information content (AvgIpc) is 3.05. The molecule has 2 unspecified atom stereocenters. The number of amides is 2. The number of hydrogen-bond acceptors (Lipinski definition) is 4. The van der Waals surface area contributed by atoms with Gasteiger partial charge in [0.2, 0.25) is 0 Å². The Morgan fingerprint density at radius 3 is 3.05 bits per heavy atom. The Balaban J connectivity index is 1.84. The van der Waals surface area contributed by atoms with Gasteiger partial charge in [-0.05, 0) is 12.8 Å². The molecule has 1 fully saturated rings. The van der Waals surface area contributed by atoms with Crippen molar-refractivity contribution in [1.29, 1.82) is 0 Å². The number of carboxylic acids is 1. The number of nitrogens with one attached hydrogen (secondary N) is 2. The number of anilines is 1. The lowest BCUT2D eigenvalue weighted by molar-refractivity contribution is -0.142. The third-order valence-electron chi connectivity index (χ3n) is 3.57. The summed E-state index contributed by atoms with van der Waals surface area (Å²) in [5, 5.41) is 18.5. The van der Waals surface area contributed by atoms with Gasteiger partial charge in [-0.2, -0.15) is 5.10 Å². The number of hydrogen-bond donors (Lipinski definition) is 3. The third-order valence-corrected chi connectivity index (χ3v) is 3.57. The Kier molecular flexibility index (Phi) is 5.15. The molecule has 3 N–H and O–H groups in total. The van der Waals surface area contributed by atoms with Crippen LogP contribution in [0.1, 0.15) is 19.3 Å². The van der Waals surface area contributed by atoms with E-state index in [1.807, 2.05) is 0 Å². The molecule has 0 saturated heterocycles. The van der Waals surface area contributed by atoms with Gasteiger partial charge < -0.3 is 20.5 Å². The molecule has 8 heteroatoms. The van der Waals surface area contributed by atoms with E-state index >= 15 is 0 Å². The highest BCUT2D eigenvalue weighted by molar-refractivity contribution is 5.89. The molecule has 2 rings (SSSR count). The van der Waals surface area contributed by atoms with Gasteiger partial charge in [-0.25, -0.2) is 4.79 Å². The van der Waals surface area contributed by atoms with Crippen molar-refractivity contribution in [2.24, 2.45) is 5.92 Å². The van der Waals surface area contributed by atoms with Crippen LogP contribution >= 0.6 is 0 Å². The molecule has 0 radical (unpaired) electrons. The maximum atomic E-state index is 11.9. The third kappa shape index (κ3) is 4.19. The van der Waals surface area contributed by atoms with E-state index < -0.39 is 17.9 Å². The highest BCUT2D eigenvalue weighted by atomic mass is 16.5. The van der Waals surface area contributed by atoms with E-state index in [4.69, 9.17) is 9.84 Å². The molecule has 1 aliphatic carbocycles. The van der Waals surface area contributed by atoms with E-state index in [1.165, 1.54) is 0 Å². The van der Waals surface area contributed by atoms with E-state index in [0.717, 1.165) is 6.42 Å². The molecule has 0 spiro atoms. The van der Waals surface area contributed by atoms with Crippen LogP contribution in [0.3, 0.4) is 0 Å². The molecule has 1 saturated carbocycles. The fraction of sp³-hybridized carbons (Fsp3) is 0.615. The van der Waals surface area contributed by atoms with Crippen molar-refractivity contribution in [3.8, 4) is 0 Å². The number of carboxylic acid groups (broad SMARTS) is 1. The van der Waals surface area contributed by atoms with Crippen molar-refractivity contribution in [3.63, 3.8) is 0 Å². The predicted octanol–water partition coefficient (Wildman–Crippen LogP) is 0.904. The summed E-state index contributed by atoms with van der Waals surface area (Å²) in [6.45, 7) is 1.14. The smallest absolute Gasteiger partial charge is 0.319 e. The molecule has 2 amide bonds. The summed E-state index contributed by atoms with van der Waals surface area (Å²) in [5.41, 5.74) is 0.563. The van der Waals surface area contributed by atoms with Crippen LogP contribution < -0.4 is 10.6 Å². The van der Waals surface area contributed by atoms with Crippen molar-refractivity contribution in [1.82, 2.24) is 15.1 Å². The van der Waals surface area contributed by atoms with Gasteiger partial charge in [0.25, 0.3) is 0 Å². The van der Waals surface area contributed by atoms with Crippen molar-refractivity contribution in [2.45, 2.75) is 31.8 Å². The summed E-state index contributed by atoms with van der Waals surface area (Å²) in [4.78, 5) is 22.9. The Bertz CT molecular complexity index is 502. The number of carbonyl (C=O) groups excluding carboxylic acids is 1. The minimum atomic E-state index is -0.856. The number of aromatic nitrogens is 2. The highest BCUT2D eigenvalue weighted by Gasteiger charge is 2.33. The highest BCUT2D eigenvalue weighted by Crippen LogP contribution is 2.25. The van der Waals surface area contributed by atoms with Crippen molar-refractivity contribution >= 4 is 17.7 Å². The normalized spacial score (nSPS) is 21.2. The van der Waals surface area contributed by atoms with E-state index in [9.17, 15) is 9.59 Å². The zero-order chi connectivity index (χ0) is 15.2. The van der Waals surface area contributed by atoms with Crippen LogP contribution in [-0.4, -0.2) is 46.6 Å². The van der Waals surface area contributed by atoms with Crippen molar-refractivity contribution < 1.29 is 19.4 Å². The topological polar surface area (TPSA) is 105 Å². The molecule has 116 valence electrons. The van der Waals surface area contributed by atoms with Gasteiger partial charge in [-0.3, -0.25) is 9.48 Å². The Hall–Kier alpha value is -2.09. The van der Waals surface area contributed by atoms with Gasteiger partial charge >= 0.3 is 12.0 Å². The first-order valence-corrected chi connectivity index (χ1v) is 6.92. The minimum absolute atomic E-state index is 0.314. The van der Waals surface area contributed by atoms with Crippen LogP contribution in [-0.2, 0) is 16.1 Å². The Morgan fingerprint density at radius 1 is 1.52 bits per heavy atom. The van der Waals surface area contributed by atoms with Gasteiger partial charge in [0.15, 0.2) is 0 Å². The number of urea groups is 1. The number of nitrogens with zero attached hydrogens (tertiary/aromatic N) is 2. The molecule has 0 aromatic carbocycles. The largest absolute Gasteiger partial charge is 0.481 e. The van der Waals surface area contributed by atoms with E-state index in [0.29, 0.717) is 31.7 Å². The summed E-state index contributed by atoms with van der Waals surface area (Å²) in [5.74, 6) is -1.36. The van der Waals surface area contributed by atoms with Gasteiger partial charge in [-0.15, -0.1) is 0 Å². The molecule has 21 heavy (non-hydrogen) atoms. The van der Waals surface area contributed by atoms with E-state index in [2.05, 4.69) is 15.7 Å². The second-order valence-electron chi connectivity index (χ2n) is 5.07. The standard InChI is InChI=1S/C13H20N4O4/c1-21-6-5-17-8-9(7-14-17)15-13(20)16-11-4-2-3-10(11)12(18)19/h7-8,10-11H,2-6H2,1H3,(H,18,19)(H2,15,16,20). The molecule has 1 aliphatic rings. The molecule has 2 atom stereocenters. The maximum Gasteiger partial charge on any atom is 0.319 e. The number of ether oxygens (including phenoxy) is 1. The summed E-state index contributed by atoms with van der Waals surface area (Å²) in [6, 6.07) is -0.717. The summed E-state index contributed by atoms with van der Waals surface area (Å²) < 4.78 is 6.60. The molecular weight excluding hydrogens is 276 g/mol. The lowest BCUT2D eigenvalue weighted by Crippen LogP contribution is -2.42. The summed E-state index contributed by atoms with van der Waals surface area (Å²) in [7, 11) is 1.61. The number of carbonyl (C=O) groups is 2. The second kappa shape index (κ2) is 7.07. The SMILES string of the molecule is COCCn1cc(NC(=O)NC2CCCC2C(=O)O)cn1. The van der Waals surface area contributed by atoms with Gasteiger partial charge in [-0.1, -0.05) is 6.42 Å². The maximum absolute atomic E-state index is 11.9. The van der Waals surface area contributed by atoms with Gasteiger partial charge in [0, 0.05) is 19.3 Å². The lowest BCUT2D eigenvalue weighted by atomic mass is 10.0. The fourth-order valence-electron chi connectivity index (χ4n) is 2.50. The Morgan fingerprint density at radius 2 is 2.33 bits per heavy atom. The van der Waals surface area contributed by atoms with Gasteiger partial charge in [0.05, 0.1) is 31.0 Å².